The summed E-state index contributed by atoms with van der Waals surface area (Å²) in [5, 5.41) is 3.30. The molecule has 18 heavy (non-hydrogen) atoms. The molecule has 3 heteroatoms. The van der Waals surface area contributed by atoms with Crippen LogP contribution in [0.3, 0.4) is 0 Å². The van der Waals surface area contributed by atoms with Gasteiger partial charge in [-0.3, -0.25) is 0 Å². The summed E-state index contributed by atoms with van der Waals surface area (Å²) in [4.78, 5) is 0. The zero-order valence-electron chi connectivity index (χ0n) is 11.4. The smallest absolute Gasteiger partial charge is 0.0462 e. The van der Waals surface area contributed by atoms with Gasteiger partial charge in [0.25, 0.3) is 0 Å². The van der Waals surface area contributed by atoms with E-state index >= 15 is 0 Å². The average molecular weight is 314 g/mol. The lowest BCUT2D eigenvalue weighted by atomic mass is 9.94. The molecule has 0 spiro atoms. The molecule has 0 bridgehead atoms. The van der Waals surface area contributed by atoms with Crippen molar-refractivity contribution in [3.8, 4) is 0 Å². The number of hydrogen-bond acceptors (Lipinski definition) is 2. The Morgan fingerprint density at radius 2 is 1.94 bits per heavy atom. The maximum absolute atomic E-state index is 5.09. The molecule has 0 amide bonds. The highest BCUT2D eigenvalue weighted by molar-refractivity contribution is 9.10. The summed E-state index contributed by atoms with van der Waals surface area (Å²) in [5.74, 6) is 0.716. The highest BCUT2D eigenvalue weighted by Crippen LogP contribution is 2.17. The minimum absolute atomic E-state index is 0.716. The third kappa shape index (κ3) is 6.53. The molecular formula is C15H24BrNO. The first-order valence-corrected chi connectivity index (χ1v) is 7.43. The normalized spacial score (nSPS) is 12.6. The summed E-state index contributed by atoms with van der Waals surface area (Å²) in [5.41, 5.74) is 1.42. The van der Waals surface area contributed by atoms with Crippen LogP contribution in [-0.4, -0.2) is 27.3 Å². The molecule has 0 aliphatic carbocycles. The quantitative estimate of drug-likeness (QED) is 0.703. The zero-order valence-corrected chi connectivity index (χ0v) is 13.0. The van der Waals surface area contributed by atoms with Crippen LogP contribution in [0, 0.1) is 5.92 Å². The molecule has 2 nitrogen and oxygen atoms in total. The molecule has 1 atom stereocenters. The fourth-order valence-corrected chi connectivity index (χ4v) is 2.46. The van der Waals surface area contributed by atoms with Crippen LogP contribution in [0.4, 0.5) is 0 Å². The second kappa shape index (κ2) is 9.54. The molecule has 0 aliphatic heterocycles. The fourth-order valence-electron chi connectivity index (χ4n) is 2.20. The van der Waals surface area contributed by atoms with Gasteiger partial charge in [-0.05, 0) is 56.5 Å². The summed E-state index contributed by atoms with van der Waals surface area (Å²) in [6, 6.07) is 8.66. The first kappa shape index (κ1) is 15.7. The molecule has 1 aromatic carbocycles. The number of unbranched alkanes of at least 4 members (excludes halogenated alkanes) is 1. The molecule has 0 fully saturated rings. The lowest BCUT2D eigenvalue weighted by Gasteiger charge is -2.16. The first-order valence-electron chi connectivity index (χ1n) is 6.64. The molecular weight excluding hydrogens is 290 g/mol. The van der Waals surface area contributed by atoms with Crippen LogP contribution >= 0.6 is 15.9 Å². The second-order valence-corrected chi connectivity index (χ2v) is 5.66. The minimum Gasteiger partial charge on any atom is -0.385 e. The fraction of sp³-hybridized carbons (Fsp3) is 0.600. The highest BCUT2D eigenvalue weighted by Gasteiger charge is 2.08. The van der Waals surface area contributed by atoms with E-state index in [9.17, 15) is 0 Å². The van der Waals surface area contributed by atoms with E-state index < -0.39 is 0 Å². The van der Waals surface area contributed by atoms with E-state index in [4.69, 9.17) is 4.74 Å². The molecule has 0 heterocycles. The van der Waals surface area contributed by atoms with E-state index in [0.717, 1.165) is 30.5 Å². The standard InChI is InChI=1S/C15H24BrNO/c1-17-12-14(5-3-4-10-18-2)11-13-6-8-15(16)9-7-13/h6-9,14,17H,3-5,10-12H2,1-2H3. The van der Waals surface area contributed by atoms with Crippen LogP contribution in [-0.2, 0) is 11.2 Å². The Bertz CT molecular complexity index is 313. The maximum Gasteiger partial charge on any atom is 0.0462 e. The lowest BCUT2D eigenvalue weighted by Crippen LogP contribution is -2.21. The van der Waals surface area contributed by atoms with Crippen molar-refractivity contribution in [2.75, 3.05) is 27.3 Å². The maximum atomic E-state index is 5.09. The van der Waals surface area contributed by atoms with Crippen molar-refractivity contribution in [2.45, 2.75) is 25.7 Å². The van der Waals surface area contributed by atoms with Gasteiger partial charge in [-0.1, -0.05) is 34.5 Å². The van der Waals surface area contributed by atoms with E-state index in [1.54, 1.807) is 7.11 Å². The van der Waals surface area contributed by atoms with E-state index in [0.29, 0.717) is 5.92 Å². The Balaban J connectivity index is 2.38. The van der Waals surface area contributed by atoms with Gasteiger partial charge < -0.3 is 10.1 Å². The number of hydrogen-bond donors (Lipinski definition) is 1. The van der Waals surface area contributed by atoms with E-state index in [2.05, 4.69) is 45.5 Å². The number of rotatable bonds is 9. The molecule has 1 unspecified atom stereocenters. The van der Waals surface area contributed by atoms with Gasteiger partial charge in [0.1, 0.15) is 0 Å². The van der Waals surface area contributed by atoms with Crippen molar-refractivity contribution in [2.24, 2.45) is 5.92 Å². The van der Waals surface area contributed by atoms with Crippen molar-refractivity contribution in [1.82, 2.24) is 5.32 Å². The molecule has 1 N–H and O–H groups in total. The highest BCUT2D eigenvalue weighted by atomic mass is 79.9. The van der Waals surface area contributed by atoms with Gasteiger partial charge in [-0.25, -0.2) is 0 Å². The van der Waals surface area contributed by atoms with E-state index in [-0.39, 0.29) is 0 Å². The molecule has 1 rings (SSSR count). The van der Waals surface area contributed by atoms with Crippen molar-refractivity contribution < 1.29 is 4.74 Å². The van der Waals surface area contributed by atoms with Gasteiger partial charge >= 0.3 is 0 Å². The molecule has 0 aromatic heterocycles. The Hall–Kier alpha value is -0.380. The molecule has 1 aromatic rings. The molecule has 102 valence electrons. The first-order chi connectivity index (χ1) is 8.76. The Labute approximate surface area is 119 Å². The summed E-state index contributed by atoms with van der Waals surface area (Å²) in [7, 11) is 3.80. The second-order valence-electron chi connectivity index (χ2n) is 4.74. The van der Waals surface area contributed by atoms with Gasteiger partial charge in [-0.2, -0.15) is 0 Å². The van der Waals surface area contributed by atoms with Crippen LogP contribution in [0.15, 0.2) is 28.7 Å². The SMILES string of the molecule is CNCC(CCCCOC)Cc1ccc(Br)cc1. The monoisotopic (exact) mass is 313 g/mol. The Morgan fingerprint density at radius 3 is 2.56 bits per heavy atom. The number of methoxy groups -OCH3 is 1. The predicted octanol–water partition coefficient (Wildman–Crippen LogP) is 3.64. The van der Waals surface area contributed by atoms with Gasteiger partial charge in [-0.15, -0.1) is 0 Å². The lowest BCUT2D eigenvalue weighted by molar-refractivity contribution is 0.190. The van der Waals surface area contributed by atoms with Crippen LogP contribution in [0.25, 0.3) is 0 Å². The van der Waals surface area contributed by atoms with Gasteiger partial charge in [0, 0.05) is 18.2 Å². The van der Waals surface area contributed by atoms with Gasteiger partial charge in [0.2, 0.25) is 0 Å². The minimum atomic E-state index is 0.716. The van der Waals surface area contributed by atoms with Crippen LogP contribution in [0.5, 0.6) is 0 Å². The van der Waals surface area contributed by atoms with Crippen LogP contribution in [0.1, 0.15) is 24.8 Å². The number of nitrogens with one attached hydrogen (secondary N) is 1. The predicted molar refractivity (Wildman–Crippen MR) is 81.0 cm³/mol. The topological polar surface area (TPSA) is 21.3 Å². The summed E-state index contributed by atoms with van der Waals surface area (Å²) in [6.45, 7) is 1.97. The molecule has 0 radical (unpaired) electrons. The van der Waals surface area contributed by atoms with Crippen LogP contribution in [0.2, 0.25) is 0 Å². The summed E-state index contributed by atoms with van der Waals surface area (Å²) >= 11 is 3.48. The molecule has 0 saturated heterocycles. The van der Waals surface area contributed by atoms with Crippen molar-refractivity contribution in [1.29, 1.82) is 0 Å². The Kier molecular flexibility index (Phi) is 8.31. The third-order valence-corrected chi connectivity index (χ3v) is 3.67. The number of ether oxygens (including phenoxy) is 1. The number of benzene rings is 1. The van der Waals surface area contributed by atoms with Gasteiger partial charge in [0.15, 0.2) is 0 Å². The van der Waals surface area contributed by atoms with Crippen molar-refractivity contribution >= 4 is 15.9 Å². The van der Waals surface area contributed by atoms with Crippen LogP contribution < -0.4 is 5.32 Å². The van der Waals surface area contributed by atoms with Gasteiger partial charge in [0.05, 0.1) is 0 Å². The third-order valence-electron chi connectivity index (χ3n) is 3.14. The summed E-state index contributed by atoms with van der Waals surface area (Å²) < 4.78 is 6.24. The number of halogens is 1. The Morgan fingerprint density at radius 1 is 1.22 bits per heavy atom. The molecule has 0 aliphatic rings. The average Bonchev–Trinajstić information content (AvgIpc) is 2.37. The summed E-state index contributed by atoms with van der Waals surface area (Å²) in [6.07, 6.45) is 4.83. The van der Waals surface area contributed by atoms with Crippen molar-refractivity contribution in [3.63, 3.8) is 0 Å². The molecule has 0 saturated carbocycles. The van der Waals surface area contributed by atoms with E-state index in [1.165, 1.54) is 18.4 Å². The largest absolute Gasteiger partial charge is 0.385 e. The van der Waals surface area contributed by atoms with E-state index in [1.807, 2.05) is 7.05 Å². The zero-order chi connectivity index (χ0) is 13.2. The van der Waals surface area contributed by atoms with Crippen molar-refractivity contribution in [3.05, 3.63) is 34.3 Å².